The molecule has 0 spiro atoms. The molecule has 0 aromatic heterocycles. The van der Waals surface area contributed by atoms with E-state index in [1.807, 2.05) is 18.2 Å². The highest BCUT2D eigenvalue weighted by atomic mass is 79.9. The lowest BCUT2D eigenvalue weighted by Gasteiger charge is -2.44. The van der Waals surface area contributed by atoms with E-state index in [2.05, 4.69) is 27.8 Å². The number of carbonyl (C=O) groups is 1. The second-order valence-corrected chi connectivity index (χ2v) is 7.09. The average molecular weight is 336 g/mol. The Bertz CT molecular complexity index is 512. The molecule has 3 heteroatoms. The minimum Gasteiger partial charge on any atom is -0.335 e. The predicted molar refractivity (Wildman–Crippen MR) is 84.9 cm³/mol. The van der Waals surface area contributed by atoms with Gasteiger partial charge in [0.2, 0.25) is 0 Å². The largest absolute Gasteiger partial charge is 0.335 e. The van der Waals surface area contributed by atoms with E-state index in [0.29, 0.717) is 6.04 Å². The fourth-order valence-electron chi connectivity index (χ4n) is 3.83. The molecule has 1 aliphatic carbocycles. The van der Waals surface area contributed by atoms with E-state index in [4.69, 9.17) is 0 Å². The predicted octanol–water partition coefficient (Wildman–Crippen LogP) is 4.55. The Morgan fingerprint density at radius 2 is 1.95 bits per heavy atom. The molecular weight excluding hydrogens is 314 g/mol. The molecule has 2 nitrogen and oxygen atoms in total. The fourth-order valence-corrected chi connectivity index (χ4v) is 4.49. The highest BCUT2D eigenvalue weighted by molar-refractivity contribution is 9.10. The second-order valence-electron chi connectivity index (χ2n) is 6.24. The van der Waals surface area contributed by atoms with Crippen molar-refractivity contribution in [3.63, 3.8) is 0 Å². The van der Waals surface area contributed by atoms with Crippen LogP contribution >= 0.6 is 15.9 Å². The van der Waals surface area contributed by atoms with Gasteiger partial charge < -0.3 is 4.90 Å². The van der Waals surface area contributed by atoms with Crippen LogP contribution in [-0.2, 0) is 0 Å². The van der Waals surface area contributed by atoms with Gasteiger partial charge in [-0.25, -0.2) is 0 Å². The van der Waals surface area contributed by atoms with Crippen LogP contribution in [0.4, 0.5) is 0 Å². The van der Waals surface area contributed by atoms with Crippen molar-refractivity contribution < 1.29 is 4.79 Å². The SMILES string of the molecule is Cc1ccc(C(=O)N2CCC[C@H]3CCCC[C@H]32)c(Br)c1. The lowest BCUT2D eigenvalue weighted by Crippen LogP contribution is -2.49. The van der Waals surface area contributed by atoms with Crippen molar-refractivity contribution in [2.45, 2.75) is 51.5 Å². The summed E-state index contributed by atoms with van der Waals surface area (Å²) in [6.07, 6.45) is 7.60. The van der Waals surface area contributed by atoms with Gasteiger partial charge in [-0.2, -0.15) is 0 Å². The third-order valence-corrected chi connectivity index (χ3v) is 5.52. The number of hydrogen-bond donors (Lipinski definition) is 0. The van der Waals surface area contributed by atoms with Crippen LogP contribution in [-0.4, -0.2) is 23.4 Å². The van der Waals surface area contributed by atoms with Crippen LogP contribution < -0.4 is 0 Å². The number of halogens is 1. The van der Waals surface area contributed by atoms with E-state index >= 15 is 0 Å². The normalized spacial score (nSPS) is 26.2. The molecule has 1 aromatic carbocycles. The maximum absolute atomic E-state index is 12.9. The standard InChI is InChI=1S/C17H22BrNO/c1-12-8-9-14(15(18)11-12)17(20)19-10-4-6-13-5-2-3-7-16(13)19/h8-9,11,13,16H,2-7,10H2,1H3/t13-,16-/m1/s1. The highest BCUT2D eigenvalue weighted by Crippen LogP contribution is 2.36. The molecule has 1 saturated heterocycles. The van der Waals surface area contributed by atoms with Crippen LogP contribution in [0.15, 0.2) is 22.7 Å². The maximum Gasteiger partial charge on any atom is 0.255 e. The van der Waals surface area contributed by atoms with Crippen LogP contribution in [0.1, 0.15) is 54.4 Å². The first kappa shape index (κ1) is 14.1. The van der Waals surface area contributed by atoms with Crippen molar-refractivity contribution in [2.75, 3.05) is 6.54 Å². The van der Waals surface area contributed by atoms with E-state index in [1.54, 1.807) is 0 Å². The molecule has 1 aromatic rings. The Morgan fingerprint density at radius 1 is 1.20 bits per heavy atom. The van der Waals surface area contributed by atoms with Crippen molar-refractivity contribution in [2.24, 2.45) is 5.92 Å². The van der Waals surface area contributed by atoms with E-state index in [-0.39, 0.29) is 5.91 Å². The highest BCUT2D eigenvalue weighted by Gasteiger charge is 2.36. The van der Waals surface area contributed by atoms with E-state index in [0.717, 1.165) is 28.9 Å². The first-order chi connectivity index (χ1) is 9.66. The Hall–Kier alpha value is -0.830. The Balaban J connectivity index is 1.85. The third-order valence-electron chi connectivity index (χ3n) is 4.86. The Kier molecular flexibility index (Phi) is 4.16. The first-order valence-electron chi connectivity index (χ1n) is 7.74. The van der Waals surface area contributed by atoms with Crippen molar-refractivity contribution >= 4 is 21.8 Å². The van der Waals surface area contributed by atoms with Gasteiger partial charge in [-0.3, -0.25) is 4.79 Å². The van der Waals surface area contributed by atoms with Gasteiger partial charge in [-0.05, 0) is 72.2 Å². The number of rotatable bonds is 1. The van der Waals surface area contributed by atoms with Gasteiger partial charge >= 0.3 is 0 Å². The minimum absolute atomic E-state index is 0.216. The third kappa shape index (κ3) is 2.65. The molecule has 0 unspecified atom stereocenters. The van der Waals surface area contributed by atoms with E-state index in [1.165, 1.54) is 37.7 Å². The number of nitrogens with zero attached hydrogens (tertiary/aromatic N) is 1. The summed E-state index contributed by atoms with van der Waals surface area (Å²) in [6, 6.07) is 6.52. The van der Waals surface area contributed by atoms with Crippen molar-refractivity contribution in [3.05, 3.63) is 33.8 Å². The van der Waals surface area contributed by atoms with E-state index < -0.39 is 0 Å². The Labute approximate surface area is 129 Å². The smallest absolute Gasteiger partial charge is 0.255 e. The van der Waals surface area contributed by atoms with Crippen LogP contribution in [0.2, 0.25) is 0 Å². The van der Waals surface area contributed by atoms with Gasteiger partial charge in [0.1, 0.15) is 0 Å². The van der Waals surface area contributed by atoms with Gasteiger partial charge in [0.15, 0.2) is 0 Å². The van der Waals surface area contributed by atoms with Gasteiger partial charge in [0.05, 0.1) is 5.56 Å². The molecule has 0 N–H and O–H groups in total. The lowest BCUT2D eigenvalue weighted by molar-refractivity contribution is 0.0390. The molecule has 2 aliphatic rings. The van der Waals surface area contributed by atoms with Crippen LogP contribution in [0, 0.1) is 12.8 Å². The van der Waals surface area contributed by atoms with Crippen LogP contribution in [0.5, 0.6) is 0 Å². The molecule has 2 atom stereocenters. The van der Waals surface area contributed by atoms with Gasteiger partial charge in [-0.1, -0.05) is 18.9 Å². The number of benzene rings is 1. The molecule has 0 bridgehead atoms. The molecule has 108 valence electrons. The number of likely N-dealkylation sites (tertiary alicyclic amines) is 1. The van der Waals surface area contributed by atoms with Crippen LogP contribution in [0.25, 0.3) is 0 Å². The number of carbonyl (C=O) groups excluding carboxylic acids is 1. The fraction of sp³-hybridized carbons (Fsp3) is 0.588. The molecule has 1 saturated carbocycles. The van der Waals surface area contributed by atoms with Crippen LogP contribution in [0.3, 0.4) is 0 Å². The summed E-state index contributed by atoms with van der Waals surface area (Å²) < 4.78 is 0.931. The maximum atomic E-state index is 12.9. The summed E-state index contributed by atoms with van der Waals surface area (Å²) in [7, 11) is 0. The molecule has 2 fully saturated rings. The topological polar surface area (TPSA) is 20.3 Å². The number of hydrogen-bond acceptors (Lipinski definition) is 1. The van der Waals surface area contributed by atoms with Gasteiger partial charge in [-0.15, -0.1) is 0 Å². The summed E-state index contributed by atoms with van der Waals surface area (Å²) in [6.45, 7) is 2.98. The minimum atomic E-state index is 0.216. The molecule has 1 aliphatic heterocycles. The molecular formula is C17H22BrNO. The summed E-state index contributed by atoms with van der Waals surface area (Å²) in [5.74, 6) is 0.958. The molecule has 3 rings (SSSR count). The molecule has 20 heavy (non-hydrogen) atoms. The first-order valence-corrected chi connectivity index (χ1v) is 8.53. The lowest BCUT2D eigenvalue weighted by atomic mass is 9.78. The summed E-state index contributed by atoms with van der Waals surface area (Å²) in [5, 5.41) is 0. The molecule has 1 amide bonds. The Morgan fingerprint density at radius 3 is 2.75 bits per heavy atom. The van der Waals surface area contributed by atoms with Gasteiger partial charge in [0, 0.05) is 17.1 Å². The summed E-state index contributed by atoms with van der Waals surface area (Å²) in [4.78, 5) is 15.0. The van der Waals surface area contributed by atoms with E-state index in [9.17, 15) is 4.79 Å². The zero-order valence-corrected chi connectivity index (χ0v) is 13.7. The zero-order valence-electron chi connectivity index (χ0n) is 12.1. The summed E-state index contributed by atoms with van der Waals surface area (Å²) in [5.41, 5.74) is 2.00. The zero-order chi connectivity index (χ0) is 14.1. The quantitative estimate of drug-likeness (QED) is 0.737. The van der Waals surface area contributed by atoms with Gasteiger partial charge in [0.25, 0.3) is 5.91 Å². The number of piperidine rings is 1. The van der Waals surface area contributed by atoms with Crippen molar-refractivity contribution in [3.8, 4) is 0 Å². The number of fused-ring (bicyclic) bond motifs is 1. The number of amides is 1. The average Bonchev–Trinajstić information content (AvgIpc) is 2.46. The van der Waals surface area contributed by atoms with Crippen molar-refractivity contribution in [1.29, 1.82) is 0 Å². The summed E-state index contributed by atoms with van der Waals surface area (Å²) >= 11 is 3.55. The molecule has 1 heterocycles. The molecule has 0 radical (unpaired) electrons. The van der Waals surface area contributed by atoms with Crippen molar-refractivity contribution in [1.82, 2.24) is 4.90 Å². The monoisotopic (exact) mass is 335 g/mol. The number of aryl methyl sites for hydroxylation is 1. The second kappa shape index (κ2) is 5.88.